The van der Waals surface area contributed by atoms with Crippen LogP contribution in [-0.2, 0) is 16.0 Å². The van der Waals surface area contributed by atoms with Crippen molar-refractivity contribution >= 4 is 56.5 Å². The first-order valence-electron chi connectivity index (χ1n) is 10.4. The molecular weight excluding hydrogens is 470 g/mol. The molecule has 0 unspecified atom stereocenters. The summed E-state index contributed by atoms with van der Waals surface area (Å²) < 4.78 is 0.783. The van der Waals surface area contributed by atoms with Crippen molar-refractivity contribution in [3.8, 4) is 0 Å². The van der Waals surface area contributed by atoms with E-state index >= 15 is 0 Å². The molecule has 0 fully saturated rings. The molecule has 34 heavy (non-hydrogen) atoms. The van der Waals surface area contributed by atoms with E-state index in [0.29, 0.717) is 0 Å². The number of fused-ring (bicyclic) bond motifs is 8. The van der Waals surface area contributed by atoms with Gasteiger partial charge in [0.05, 0.1) is 22.8 Å². The second kappa shape index (κ2) is 9.31. The molecule has 1 aromatic carbocycles. The Morgan fingerprint density at radius 1 is 0.618 bits per heavy atom. The molecule has 8 bridgehead atoms. The fraction of sp³-hybridized carbons (Fsp3) is 0. The topological polar surface area (TPSA) is 101 Å². The van der Waals surface area contributed by atoms with Gasteiger partial charge in [0.2, 0.25) is 0 Å². The van der Waals surface area contributed by atoms with E-state index in [1.807, 2.05) is 48.6 Å². The van der Waals surface area contributed by atoms with Crippen LogP contribution in [0.5, 0.6) is 0 Å². The number of nitro benzene ring substituents is 1. The normalized spacial score (nSPS) is 11.7. The number of benzene rings is 1. The molecule has 7 nitrogen and oxygen atoms in total. The molecule has 0 saturated heterocycles. The molecule has 0 aliphatic carbocycles. The first-order valence-corrected chi connectivity index (χ1v) is 11.0. The summed E-state index contributed by atoms with van der Waals surface area (Å²) in [5.74, 6) is 0. The van der Waals surface area contributed by atoms with E-state index < -0.39 is 4.92 Å². The van der Waals surface area contributed by atoms with Crippen molar-refractivity contribution in [2.45, 2.75) is 0 Å². The number of aromatic amines is 2. The van der Waals surface area contributed by atoms with Crippen LogP contribution in [0.2, 0.25) is 0 Å². The Labute approximate surface area is 202 Å². The second-order valence-electron chi connectivity index (χ2n) is 7.62. The van der Waals surface area contributed by atoms with Gasteiger partial charge in [-0.1, -0.05) is 0 Å². The van der Waals surface area contributed by atoms with E-state index in [1.54, 1.807) is 12.1 Å². The number of aromatic nitrogens is 4. The van der Waals surface area contributed by atoms with Gasteiger partial charge in [-0.25, -0.2) is 9.97 Å². The number of hydrogen-bond acceptors (Lipinski definition) is 4. The molecule has 3 aromatic heterocycles. The summed E-state index contributed by atoms with van der Waals surface area (Å²) >= 11 is 3.60. The van der Waals surface area contributed by atoms with E-state index in [9.17, 15) is 10.1 Å². The predicted molar refractivity (Wildman–Crippen MR) is 132 cm³/mol. The van der Waals surface area contributed by atoms with Gasteiger partial charge in [-0.05, 0) is 72.8 Å². The van der Waals surface area contributed by atoms with Gasteiger partial charge in [-0.3, -0.25) is 0 Å². The summed E-state index contributed by atoms with van der Waals surface area (Å²) in [6.45, 7) is 0. The number of nitrogens with zero attached hydrogens (tertiary/aromatic N) is 3. The molecule has 2 aliphatic heterocycles. The van der Waals surface area contributed by atoms with Crippen LogP contribution in [0.1, 0.15) is 22.8 Å². The maximum absolute atomic E-state index is 10.1. The van der Waals surface area contributed by atoms with Crippen LogP contribution in [0.15, 0.2) is 72.8 Å². The van der Waals surface area contributed by atoms with Crippen LogP contribution in [-0.4, -0.2) is 24.9 Å². The van der Waals surface area contributed by atoms with Crippen molar-refractivity contribution in [2.24, 2.45) is 0 Å². The van der Waals surface area contributed by atoms with Crippen molar-refractivity contribution in [1.82, 2.24) is 19.9 Å². The zero-order chi connectivity index (χ0) is 23.5. The molecule has 167 valence electrons. The third kappa shape index (κ3) is 5.20. The predicted octanol–water partition coefficient (Wildman–Crippen LogP) is 5.42. The van der Waals surface area contributed by atoms with Gasteiger partial charge in [-0.15, -0.1) is 0 Å². The molecule has 0 radical (unpaired) electrons. The SMILES string of the molecule is C1=Cc2cc3ccc(cc4nc(cc5ccc(cc1n2)[nH]5)C=C4)[nH]3.O=[N+]([O-])c1cc[c]([Fe])cc1. The maximum atomic E-state index is 10.1. The van der Waals surface area contributed by atoms with Crippen LogP contribution >= 0.6 is 0 Å². The Bertz CT molecular complexity index is 1420. The number of non-ortho nitro benzene ring substituents is 1. The van der Waals surface area contributed by atoms with E-state index in [4.69, 9.17) is 0 Å². The van der Waals surface area contributed by atoms with Gasteiger partial charge < -0.3 is 9.97 Å². The fourth-order valence-corrected chi connectivity index (χ4v) is 3.69. The molecule has 2 N–H and O–H groups in total. The molecule has 5 heterocycles. The van der Waals surface area contributed by atoms with Gasteiger partial charge in [0.1, 0.15) is 0 Å². The minimum atomic E-state index is -0.431. The van der Waals surface area contributed by atoms with Crippen LogP contribution in [0.4, 0.5) is 5.69 Å². The van der Waals surface area contributed by atoms with Crippen LogP contribution in [0, 0.1) is 10.1 Å². The third-order valence-electron chi connectivity index (χ3n) is 5.07. The molecular formula is C26H18FeN5O2. The number of rotatable bonds is 1. The summed E-state index contributed by atoms with van der Waals surface area (Å²) in [6, 6.07) is 22.4. The zero-order valence-corrected chi connectivity index (χ0v) is 18.9. The standard InChI is InChI=1S/C20H14N4.C6H4NO2.Fe/c1-2-14-10-16-5-6-18(23-16)12-20-8-7-19(24-20)11-17-4-3-15(22-17)9-13(1)21-14;8-7(9)6-4-2-1-3-5-6;/h1-12,21,24H;2-5H;. The van der Waals surface area contributed by atoms with E-state index in [-0.39, 0.29) is 5.69 Å². The average Bonchev–Trinajstić information content (AvgIpc) is 3.60. The number of nitrogens with one attached hydrogen (secondary N) is 2. The van der Waals surface area contributed by atoms with Crippen molar-refractivity contribution in [2.75, 3.05) is 0 Å². The number of nitro groups is 1. The van der Waals surface area contributed by atoms with Gasteiger partial charge in [0.15, 0.2) is 0 Å². The van der Waals surface area contributed by atoms with Gasteiger partial charge >= 0.3 is 65.5 Å². The molecule has 0 atom stereocenters. The summed E-state index contributed by atoms with van der Waals surface area (Å²) in [4.78, 5) is 25.7. The molecule has 2 aliphatic rings. The summed E-state index contributed by atoms with van der Waals surface area (Å²) in [6.07, 6.45) is 8.09. The average molecular weight is 488 g/mol. The van der Waals surface area contributed by atoms with E-state index in [0.717, 1.165) is 49.3 Å². The second-order valence-corrected chi connectivity index (χ2v) is 8.26. The van der Waals surface area contributed by atoms with Gasteiger partial charge in [0.25, 0.3) is 0 Å². The van der Waals surface area contributed by atoms with Crippen LogP contribution in [0.3, 0.4) is 0 Å². The minimum absolute atomic E-state index is 0.104. The van der Waals surface area contributed by atoms with Crippen LogP contribution in [0.25, 0.3) is 46.4 Å². The Morgan fingerprint density at radius 2 is 0.971 bits per heavy atom. The molecule has 0 amide bonds. The van der Waals surface area contributed by atoms with Gasteiger partial charge in [-0.2, -0.15) is 0 Å². The van der Waals surface area contributed by atoms with E-state index in [2.05, 4.69) is 60.2 Å². The first kappa shape index (κ1) is 21.6. The number of hydrogen-bond donors (Lipinski definition) is 2. The Morgan fingerprint density at radius 3 is 1.29 bits per heavy atom. The first-order chi connectivity index (χ1) is 16.5. The molecule has 0 spiro atoms. The fourth-order valence-electron chi connectivity index (χ4n) is 3.50. The molecule has 6 rings (SSSR count). The third-order valence-corrected chi connectivity index (χ3v) is 5.44. The summed E-state index contributed by atoms with van der Waals surface area (Å²) in [5.41, 5.74) is 7.96. The number of H-pyrrole nitrogens is 2. The van der Waals surface area contributed by atoms with Crippen molar-refractivity contribution in [3.05, 3.63) is 106 Å². The van der Waals surface area contributed by atoms with Crippen molar-refractivity contribution in [1.29, 1.82) is 0 Å². The van der Waals surface area contributed by atoms with E-state index in [1.165, 1.54) is 12.1 Å². The monoisotopic (exact) mass is 488 g/mol. The van der Waals surface area contributed by atoms with Crippen molar-refractivity contribution in [3.63, 3.8) is 0 Å². The van der Waals surface area contributed by atoms with Crippen molar-refractivity contribution < 1.29 is 20.9 Å². The molecule has 8 heteroatoms. The van der Waals surface area contributed by atoms with Gasteiger partial charge in [0, 0.05) is 22.1 Å². The summed E-state index contributed by atoms with van der Waals surface area (Å²) in [7, 11) is 0. The molecule has 4 aromatic rings. The zero-order valence-electron chi connectivity index (χ0n) is 17.7. The molecule has 0 saturated carbocycles. The van der Waals surface area contributed by atoms with Crippen LogP contribution < -0.4 is 4.46 Å². The Balaban J connectivity index is 0.000000204. The Kier molecular flexibility index (Phi) is 5.91. The quantitative estimate of drug-likeness (QED) is 0.183. The Hall–Kier alpha value is -4.26. The summed E-state index contributed by atoms with van der Waals surface area (Å²) in [5, 5.41) is 10.1.